The first-order valence-electron chi connectivity index (χ1n) is 9.75. The number of piperidine rings is 1. The van der Waals surface area contributed by atoms with E-state index in [1.54, 1.807) is 6.07 Å². The van der Waals surface area contributed by atoms with Gasteiger partial charge in [-0.2, -0.15) is 0 Å². The summed E-state index contributed by atoms with van der Waals surface area (Å²) in [5.41, 5.74) is 0.110. The van der Waals surface area contributed by atoms with Crippen molar-refractivity contribution in [3.8, 4) is 0 Å². The van der Waals surface area contributed by atoms with Gasteiger partial charge in [0, 0.05) is 13.1 Å². The number of carbonyl (C=O) groups is 2. The number of benzene rings is 1. The lowest BCUT2D eigenvalue weighted by Crippen LogP contribution is -2.51. The number of nitrogens with zero attached hydrogens (tertiary/aromatic N) is 1. The van der Waals surface area contributed by atoms with Crippen molar-refractivity contribution in [2.75, 3.05) is 13.1 Å². The molecule has 3 aliphatic rings. The highest BCUT2D eigenvalue weighted by Gasteiger charge is 2.59. The molecule has 3 fully saturated rings. The summed E-state index contributed by atoms with van der Waals surface area (Å²) in [6.45, 7) is 1.25. The maximum Gasteiger partial charge on any atom is 0.307 e. The van der Waals surface area contributed by atoms with Gasteiger partial charge in [0.1, 0.15) is 5.82 Å². The Morgan fingerprint density at radius 2 is 1.77 bits per heavy atom. The molecule has 0 radical (unpaired) electrons. The number of likely N-dealkylation sites (tertiary alicyclic amines) is 1. The van der Waals surface area contributed by atoms with Crippen molar-refractivity contribution in [1.82, 2.24) is 4.90 Å². The molecule has 0 aromatic heterocycles. The molecule has 1 unspecified atom stereocenters. The van der Waals surface area contributed by atoms with Crippen molar-refractivity contribution in [1.29, 1.82) is 0 Å². The summed E-state index contributed by atoms with van der Waals surface area (Å²) in [5.74, 6) is -1.11. The minimum atomic E-state index is -0.701. The Hall–Kier alpha value is -1.91. The Kier molecular flexibility index (Phi) is 4.28. The molecule has 1 saturated heterocycles. The van der Waals surface area contributed by atoms with Gasteiger partial charge in [0.2, 0.25) is 5.91 Å². The van der Waals surface area contributed by atoms with Crippen LogP contribution in [0.3, 0.4) is 0 Å². The minimum Gasteiger partial charge on any atom is -0.481 e. The van der Waals surface area contributed by atoms with Crippen LogP contribution in [0.1, 0.15) is 56.9 Å². The molecule has 1 aromatic carbocycles. The average Bonchev–Trinajstić information content (AvgIpc) is 3.36. The van der Waals surface area contributed by atoms with E-state index in [0.29, 0.717) is 13.1 Å². The lowest BCUT2D eigenvalue weighted by Gasteiger charge is -2.43. The van der Waals surface area contributed by atoms with Crippen molar-refractivity contribution in [2.24, 2.45) is 11.3 Å². The molecule has 1 spiro atoms. The molecule has 1 amide bonds. The first-order valence-corrected chi connectivity index (χ1v) is 9.75. The molecular formula is C21H26FNO3. The molecule has 5 heteroatoms. The van der Waals surface area contributed by atoms with Gasteiger partial charge in [-0.25, -0.2) is 4.39 Å². The van der Waals surface area contributed by atoms with Gasteiger partial charge in [0.05, 0.1) is 11.3 Å². The highest BCUT2D eigenvalue weighted by Crippen LogP contribution is 2.59. The quantitative estimate of drug-likeness (QED) is 0.894. The first kappa shape index (κ1) is 17.5. The Balaban J connectivity index is 1.54. The molecule has 1 heterocycles. The Bertz CT molecular complexity index is 718. The fraction of sp³-hybridized carbons (Fsp3) is 0.619. The number of aliphatic carboxylic acids is 1. The number of carboxylic acids is 1. The van der Waals surface area contributed by atoms with Crippen LogP contribution >= 0.6 is 0 Å². The van der Waals surface area contributed by atoms with E-state index in [2.05, 4.69) is 0 Å². The molecule has 1 atom stereocenters. The summed E-state index contributed by atoms with van der Waals surface area (Å²) in [7, 11) is 0. The van der Waals surface area contributed by atoms with Crippen LogP contribution in [0.5, 0.6) is 0 Å². The zero-order chi connectivity index (χ0) is 18.4. The minimum absolute atomic E-state index is 0.0821. The van der Waals surface area contributed by atoms with Crippen LogP contribution < -0.4 is 0 Å². The number of halogens is 1. The summed E-state index contributed by atoms with van der Waals surface area (Å²) >= 11 is 0. The lowest BCUT2D eigenvalue weighted by molar-refractivity contribution is -0.141. The first-order chi connectivity index (χ1) is 12.5. The van der Waals surface area contributed by atoms with Crippen molar-refractivity contribution in [2.45, 2.75) is 56.8 Å². The van der Waals surface area contributed by atoms with Gasteiger partial charge < -0.3 is 10.0 Å². The lowest BCUT2D eigenvalue weighted by atomic mass is 9.68. The van der Waals surface area contributed by atoms with E-state index in [1.165, 1.54) is 12.1 Å². The molecule has 26 heavy (non-hydrogen) atoms. The van der Waals surface area contributed by atoms with E-state index in [4.69, 9.17) is 0 Å². The van der Waals surface area contributed by atoms with E-state index in [1.807, 2.05) is 11.0 Å². The third-order valence-corrected chi connectivity index (χ3v) is 7.03. The Morgan fingerprint density at radius 1 is 1.08 bits per heavy atom. The number of amides is 1. The highest BCUT2D eigenvalue weighted by atomic mass is 19.1. The van der Waals surface area contributed by atoms with Crippen molar-refractivity contribution < 1.29 is 19.1 Å². The summed E-state index contributed by atoms with van der Waals surface area (Å²) in [5, 5.41) is 9.25. The summed E-state index contributed by atoms with van der Waals surface area (Å²) in [4.78, 5) is 26.7. The van der Waals surface area contributed by atoms with E-state index >= 15 is 0 Å². The van der Waals surface area contributed by atoms with Gasteiger partial charge >= 0.3 is 5.97 Å². The topological polar surface area (TPSA) is 57.6 Å². The summed E-state index contributed by atoms with van der Waals surface area (Å²) in [6, 6.07) is 6.53. The van der Waals surface area contributed by atoms with Crippen molar-refractivity contribution >= 4 is 11.9 Å². The van der Waals surface area contributed by atoms with E-state index in [0.717, 1.165) is 56.9 Å². The Labute approximate surface area is 153 Å². The molecule has 140 valence electrons. The van der Waals surface area contributed by atoms with Crippen LogP contribution in [0.4, 0.5) is 4.39 Å². The molecule has 1 aliphatic heterocycles. The second-order valence-electron chi connectivity index (χ2n) is 8.40. The third-order valence-electron chi connectivity index (χ3n) is 7.03. The van der Waals surface area contributed by atoms with Gasteiger partial charge in [-0.3, -0.25) is 9.59 Å². The third kappa shape index (κ3) is 2.81. The van der Waals surface area contributed by atoms with Gasteiger partial charge in [0.25, 0.3) is 0 Å². The number of rotatable bonds is 3. The van der Waals surface area contributed by atoms with Crippen LogP contribution in [0, 0.1) is 17.2 Å². The second-order valence-corrected chi connectivity index (χ2v) is 8.40. The van der Waals surface area contributed by atoms with Crippen LogP contribution in [-0.2, 0) is 15.0 Å². The monoisotopic (exact) mass is 359 g/mol. The van der Waals surface area contributed by atoms with Crippen LogP contribution in [-0.4, -0.2) is 35.0 Å². The van der Waals surface area contributed by atoms with Gasteiger partial charge in [-0.15, -0.1) is 0 Å². The SMILES string of the molecule is O=C(O)C1CC12CCN(C(=O)C1(c3cccc(F)c3)CCCCC1)CC2. The second kappa shape index (κ2) is 6.36. The van der Waals surface area contributed by atoms with Crippen molar-refractivity contribution in [3.05, 3.63) is 35.6 Å². The zero-order valence-corrected chi connectivity index (χ0v) is 15.0. The maximum atomic E-state index is 13.8. The molecule has 2 saturated carbocycles. The molecule has 0 bridgehead atoms. The molecule has 4 nitrogen and oxygen atoms in total. The number of hydrogen-bond acceptors (Lipinski definition) is 2. The van der Waals surface area contributed by atoms with Crippen LogP contribution in [0.25, 0.3) is 0 Å². The van der Waals surface area contributed by atoms with Crippen LogP contribution in [0.15, 0.2) is 24.3 Å². The fourth-order valence-corrected chi connectivity index (χ4v) is 5.27. The zero-order valence-electron chi connectivity index (χ0n) is 15.0. The number of carbonyl (C=O) groups excluding carboxylic acids is 1. The van der Waals surface area contributed by atoms with E-state index < -0.39 is 11.4 Å². The van der Waals surface area contributed by atoms with Gasteiger partial charge in [0.15, 0.2) is 0 Å². The average molecular weight is 359 g/mol. The smallest absolute Gasteiger partial charge is 0.307 e. The largest absolute Gasteiger partial charge is 0.481 e. The normalized spacial score (nSPS) is 26.5. The molecule has 2 aliphatic carbocycles. The van der Waals surface area contributed by atoms with E-state index in [-0.39, 0.29) is 23.1 Å². The van der Waals surface area contributed by atoms with E-state index in [9.17, 15) is 19.1 Å². The number of carboxylic acid groups (broad SMARTS) is 1. The molecular weight excluding hydrogens is 333 g/mol. The molecule has 1 aromatic rings. The predicted molar refractivity (Wildman–Crippen MR) is 95.2 cm³/mol. The maximum absolute atomic E-state index is 13.8. The summed E-state index contributed by atoms with van der Waals surface area (Å²) < 4.78 is 13.8. The standard InChI is InChI=1S/C21H26FNO3/c22-16-6-4-5-15(13-16)21(7-2-1-3-8-21)19(26)23-11-9-20(10-12-23)14-17(20)18(24)25/h4-6,13,17H,1-3,7-12,14H2,(H,24,25). The molecule has 1 N–H and O–H groups in total. The fourth-order valence-electron chi connectivity index (χ4n) is 5.27. The Morgan fingerprint density at radius 3 is 2.35 bits per heavy atom. The van der Waals surface area contributed by atoms with Crippen molar-refractivity contribution in [3.63, 3.8) is 0 Å². The predicted octanol–water partition coefficient (Wildman–Crippen LogP) is 3.74. The number of hydrogen-bond donors (Lipinski definition) is 1. The molecule has 4 rings (SSSR count). The van der Waals surface area contributed by atoms with Crippen LogP contribution in [0.2, 0.25) is 0 Å². The highest BCUT2D eigenvalue weighted by molar-refractivity contribution is 5.88. The van der Waals surface area contributed by atoms with Gasteiger partial charge in [-0.05, 0) is 55.2 Å². The summed E-state index contributed by atoms with van der Waals surface area (Å²) in [6.07, 6.45) is 6.93. The van der Waals surface area contributed by atoms with Gasteiger partial charge in [-0.1, -0.05) is 31.4 Å².